The van der Waals surface area contributed by atoms with Crippen LogP contribution in [0.25, 0.3) is 0 Å². The number of thioether (sulfide) groups is 1. The summed E-state index contributed by atoms with van der Waals surface area (Å²) in [6.07, 6.45) is -1.03. The zero-order valence-corrected chi connectivity index (χ0v) is 24.3. The Hall–Kier alpha value is -4.51. The number of carboxylic acid groups (broad SMARTS) is 2. The van der Waals surface area contributed by atoms with Crippen molar-refractivity contribution in [3.63, 3.8) is 0 Å². The highest BCUT2D eigenvalue weighted by atomic mass is 32.2. The second kappa shape index (κ2) is 13.0. The monoisotopic (exact) mass is 591 g/mol. The first-order valence-corrected chi connectivity index (χ1v) is 14.3. The molecule has 10 nitrogen and oxygen atoms in total. The number of para-hydroxylation sites is 1. The van der Waals surface area contributed by atoms with Gasteiger partial charge in [0.1, 0.15) is 22.9 Å². The highest BCUT2D eigenvalue weighted by Gasteiger charge is 2.48. The molecule has 3 aromatic carbocycles. The van der Waals surface area contributed by atoms with Crippen molar-refractivity contribution < 1.29 is 34.1 Å². The standard InChI is InChI=1S/C31H33N3O7S/c1-31(2,3)20-12-14-22(15-13-20)41-23-11-7-8-19(16-23)29-34(24(30(39)40)17-27(36)37)28(38)25(42-29)18-26(35)33-32-21-9-5-4-6-10-21/h4-16,24-25,29,32H,17-18H2,1-3H3,(H,33,35)(H,36,37)(H,39,40)/t24-,25?,29?/m0/s1. The van der Waals surface area contributed by atoms with Crippen molar-refractivity contribution in [2.75, 3.05) is 5.43 Å². The Morgan fingerprint density at radius 2 is 1.64 bits per heavy atom. The van der Waals surface area contributed by atoms with Crippen LogP contribution in [-0.2, 0) is 24.6 Å². The summed E-state index contributed by atoms with van der Waals surface area (Å²) in [5, 5.41) is 17.5. The van der Waals surface area contributed by atoms with E-state index in [9.17, 15) is 29.4 Å². The third kappa shape index (κ3) is 7.61. The topological polar surface area (TPSA) is 145 Å². The van der Waals surface area contributed by atoms with E-state index in [1.165, 1.54) is 0 Å². The highest BCUT2D eigenvalue weighted by molar-refractivity contribution is 8.01. The molecule has 1 aliphatic rings. The number of ether oxygens (including phenoxy) is 1. The van der Waals surface area contributed by atoms with Crippen LogP contribution in [0.1, 0.15) is 50.1 Å². The van der Waals surface area contributed by atoms with Gasteiger partial charge in [0, 0.05) is 6.42 Å². The predicted octanol–water partition coefficient (Wildman–Crippen LogP) is 5.18. The lowest BCUT2D eigenvalue weighted by Gasteiger charge is -2.29. The number of benzene rings is 3. The van der Waals surface area contributed by atoms with Crippen LogP contribution >= 0.6 is 11.8 Å². The van der Waals surface area contributed by atoms with Crippen LogP contribution in [0.4, 0.5) is 5.69 Å². The zero-order valence-electron chi connectivity index (χ0n) is 23.4. The van der Waals surface area contributed by atoms with Crippen LogP contribution in [0.15, 0.2) is 78.9 Å². The molecule has 3 aromatic rings. The predicted molar refractivity (Wildman–Crippen MR) is 159 cm³/mol. The van der Waals surface area contributed by atoms with Gasteiger partial charge in [-0.05, 0) is 52.9 Å². The zero-order chi connectivity index (χ0) is 30.4. The van der Waals surface area contributed by atoms with Gasteiger partial charge in [0.25, 0.3) is 0 Å². The van der Waals surface area contributed by atoms with Crippen molar-refractivity contribution >= 4 is 41.2 Å². The first kappa shape index (κ1) is 30.4. The molecular weight excluding hydrogens is 558 g/mol. The van der Waals surface area contributed by atoms with Gasteiger partial charge in [-0.15, -0.1) is 11.8 Å². The summed E-state index contributed by atoms with van der Waals surface area (Å²) in [6, 6.07) is 21.8. The van der Waals surface area contributed by atoms with Gasteiger partial charge in [0.05, 0.1) is 17.4 Å². The van der Waals surface area contributed by atoms with Crippen molar-refractivity contribution in [2.45, 2.75) is 55.7 Å². The normalized spacial score (nSPS) is 17.4. The fraction of sp³-hybridized carbons (Fsp3) is 0.290. The van der Waals surface area contributed by atoms with Crippen LogP contribution < -0.4 is 15.6 Å². The molecule has 0 bridgehead atoms. The summed E-state index contributed by atoms with van der Waals surface area (Å²) in [5.74, 6) is -2.85. The van der Waals surface area contributed by atoms with E-state index in [4.69, 9.17) is 4.74 Å². The van der Waals surface area contributed by atoms with E-state index in [2.05, 4.69) is 31.6 Å². The number of nitrogens with zero attached hydrogens (tertiary/aromatic N) is 1. The Morgan fingerprint density at radius 1 is 0.952 bits per heavy atom. The number of carbonyl (C=O) groups is 4. The molecule has 2 unspecified atom stereocenters. The molecule has 4 N–H and O–H groups in total. The van der Waals surface area contributed by atoms with Crippen LogP contribution in [0.5, 0.6) is 11.5 Å². The number of carbonyl (C=O) groups excluding carboxylic acids is 2. The minimum absolute atomic E-state index is 0.0180. The smallest absolute Gasteiger partial charge is 0.327 e. The summed E-state index contributed by atoms with van der Waals surface area (Å²) in [7, 11) is 0. The maximum Gasteiger partial charge on any atom is 0.327 e. The molecule has 1 aliphatic heterocycles. The highest BCUT2D eigenvalue weighted by Crippen LogP contribution is 2.46. The average molecular weight is 592 g/mol. The van der Waals surface area contributed by atoms with Crippen molar-refractivity contribution in [3.8, 4) is 11.5 Å². The summed E-state index contributed by atoms with van der Waals surface area (Å²) in [5.41, 5.74) is 7.64. The van der Waals surface area contributed by atoms with Gasteiger partial charge in [-0.1, -0.05) is 63.2 Å². The fourth-order valence-corrected chi connectivity index (χ4v) is 5.98. The number of anilines is 1. The molecule has 3 atom stereocenters. The lowest BCUT2D eigenvalue weighted by molar-refractivity contribution is -0.154. The van der Waals surface area contributed by atoms with Gasteiger partial charge >= 0.3 is 11.9 Å². The largest absolute Gasteiger partial charge is 0.481 e. The van der Waals surface area contributed by atoms with Crippen molar-refractivity contribution in [1.29, 1.82) is 0 Å². The minimum atomic E-state index is -1.63. The lowest BCUT2D eigenvalue weighted by atomic mass is 9.87. The second-order valence-electron chi connectivity index (χ2n) is 10.9. The summed E-state index contributed by atoms with van der Waals surface area (Å²) in [6.45, 7) is 6.35. The van der Waals surface area contributed by atoms with Gasteiger partial charge in [0.15, 0.2) is 0 Å². The minimum Gasteiger partial charge on any atom is -0.481 e. The molecular formula is C31H33N3O7S. The molecule has 1 fully saturated rings. The van der Waals surface area contributed by atoms with Gasteiger partial charge in [-0.2, -0.15) is 0 Å². The van der Waals surface area contributed by atoms with Crippen LogP contribution in [-0.4, -0.2) is 50.2 Å². The molecule has 0 radical (unpaired) electrons. The Balaban J connectivity index is 1.56. The van der Waals surface area contributed by atoms with Crippen LogP contribution in [0.3, 0.4) is 0 Å². The maximum absolute atomic E-state index is 13.5. The van der Waals surface area contributed by atoms with Gasteiger partial charge < -0.3 is 19.8 Å². The van der Waals surface area contributed by atoms with E-state index in [0.717, 1.165) is 22.2 Å². The Kier molecular flexibility index (Phi) is 9.41. The molecule has 1 saturated heterocycles. The fourth-order valence-electron chi connectivity index (χ4n) is 4.50. The van der Waals surface area contributed by atoms with E-state index in [0.29, 0.717) is 22.7 Å². The van der Waals surface area contributed by atoms with E-state index in [-0.39, 0.29) is 11.8 Å². The molecule has 1 heterocycles. The Morgan fingerprint density at radius 3 is 2.26 bits per heavy atom. The first-order valence-electron chi connectivity index (χ1n) is 13.3. The molecule has 4 rings (SSSR count). The summed E-state index contributed by atoms with van der Waals surface area (Å²) < 4.78 is 6.05. The molecule has 0 aliphatic carbocycles. The quantitative estimate of drug-likeness (QED) is 0.222. The molecule has 0 aromatic heterocycles. The summed E-state index contributed by atoms with van der Waals surface area (Å²) >= 11 is 1.10. The van der Waals surface area contributed by atoms with Gasteiger partial charge in [-0.25, -0.2) is 4.79 Å². The third-order valence-electron chi connectivity index (χ3n) is 6.65. The molecule has 2 amide bonds. The number of hydrogen-bond acceptors (Lipinski definition) is 7. The van der Waals surface area contributed by atoms with Crippen LogP contribution in [0, 0.1) is 0 Å². The molecule has 42 heavy (non-hydrogen) atoms. The first-order chi connectivity index (χ1) is 19.9. The average Bonchev–Trinajstić information content (AvgIpc) is 3.26. The number of hydrazine groups is 1. The third-order valence-corrected chi connectivity index (χ3v) is 8.11. The van der Waals surface area contributed by atoms with Crippen molar-refractivity contribution in [3.05, 3.63) is 90.0 Å². The maximum atomic E-state index is 13.5. The molecule has 0 saturated carbocycles. The summed E-state index contributed by atoms with van der Waals surface area (Å²) in [4.78, 5) is 51.0. The molecule has 11 heteroatoms. The van der Waals surface area contributed by atoms with E-state index >= 15 is 0 Å². The number of nitrogens with one attached hydrogen (secondary N) is 2. The number of rotatable bonds is 11. The molecule has 0 spiro atoms. The van der Waals surface area contributed by atoms with E-state index in [1.54, 1.807) is 48.5 Å². The SMILES string of the molecule is CC(C)(C)c1ccc(Oc2cccc(C3SC(CC(=O)NNc4ccccc4)C(=O)N3[C@@H](CC(=O)O)C(=O)O)c2)cc1. The second-order valence-corrected chi connectivity index (χ2v) is 12.2. The number of hydrogen-bond donors (Lipinski definition) is 4. The number of amides is 2. The molecule has 220 valence electrons. The number of carboxylic acids is 2. The lowest BCUT2D eigenvalue weighted by Crippen LogP contribution is -2.46. The van der Waals surface area contributed by atoms with Gasteiger partial charge in [0.2, 0.25) is 11.8 Å². The Labute approximate surface area is 248 Å². The van der Waals surface area contributed by atoms with E-state index in [1.807, 2.05) is 30.3 Å². The van der Waals surface area contributed by atoms with Crippen molar-refractivity contribution in [1.82, 2.24) is 10.3 Å². The van der Waals surface area contributed by atoms with Crippen molar-refractivity contribution in [2.24, 2.45) is 0 Å². The number of aliphatic carboxylic acids is 2. The van der Waals surface area contributed by atoms with Gasteiger partial charge in [-0.3, -0.25) is 25.2 Å². The van der Waals surface area contributed by atoms with Crippen LogP contribution in [0.2, 0.25) is 0 Å². The van der Waals surface area contributed by atoms with E-state index < -0.39 is 46.8 Å². The Bertz CT molecular complexity index is 1440.